The SMILES string of the molecule is Cc1cn([C@H]2C[C@H](O[Si](C)(C)C(C)(C)C)[C@@H]([C@@H]3C=CCOP(=O)(O[C@H]4C[C@H](n5cc(C)c(=O)[nH]c5=O)O[C@@H]4COO[Si](C)(C)C(C)(C)C)O3)O2)c(=O)[nH]c1=O. The molecule has 0 radical (unpaired) electrons. The minimum atomic E-state index is -4.43. The monoisotopic (exact) mass is 828 g/mol. The lowest BCUT2D eigenvalue weighted by Gasteiger charge is -2.40. The minimum absolute atomic E-state index is 0.0158. The van der Waals surface area contributed by atoms with Crippen LogP contribution in [-0.2, 0) is 41.5 Å². The topological polar surface area (TPSA) is 201 Å². The van der Waals surface area contributed by atoms with E-state index in [4.69, 9.17) is 36.9 Å². The third kappa shape index (κ3) is 9.77. The summed E-state index contributed by atoms with van der Waals surface area (Å²) < 4.78 is 60.9. The normalized spacial score (nSPS) is 29.5. The molecule has 0 saturated carbocycles. The molecular formula is C35H57N4O13PSi2. The van der Waals surface area contributed by atoms with Crippen LogP contribution in [0.3, 0.4) is 0 Å². The molecule has 20 heteroatoms. The molecule has 5 rings (SSSR count). The molecule has 0 amide bonds. The fourth-order valence-electron chi connectivity index (χ4n) is 5.83. The zero-order valence-electron chi connectivity index (χ0n) is 33.8. The van der Waals surface area contributed by atoms with Crippen molar-refractivity contribution in [2.45, 2.75) is 147 Å². The Morgan fingerprint density at radius 1 is 0.818 bits per heavy atom. The smallest absolute Gasteiger partial charge is 0.411 e. The van der Waals surface area contributed by atoms with Crippen molar-refractivity contribution in [3.05, 3.63) is 77.3 Å². The van der Waals surface area contributed by atoms with E-state index in [0.29, 0.717) is 11.1 Å². The summed E-state index contributed by atoms with van der Waals surface area (Å²) in [6.07, 6.45) is 0.237. The van der Waals surface area contributed by atoms with Crippen molar-refractivity contribution in [2.75, 3.05) is 13.2 Å². The lowest BCUT2D eigenvalue weighted by atomic mass is 10.1. The largest absolute Gasteiger partial charge is 0.476 e. The van der Waals surface area contributed by atoms with Gasteiger partial charge in [0.05, 0.1) is 12.7 Å². The second-order valence-electron chi connectivity index (χ2n) is 17.5. The Morgan fingerprint density at radius 3 is 1.89 bits per heavy atom. The van der Waals surface area contributed by atoms with Gasteiger partial charge in [-0.1, -0.05) is 53.7 Å². The van der Waals surface area contributed by atoms with E-state index in [0.717, 1.165) is 0 Å². The Bertz CT molecular complexity index is 2030. The van der Waals surface area contributed by atoms with E-state index in [1.165, 1.54) is 21.5 Å². The standard InChI is InChI=1S/C35H57N4O13PSi2/c1-21-18-38(32(42)36-30(21)40)27-16-24(26(47-27)20-45-52-55(11,12)35(6,7)8)50-53(44)46-15-13-14-23(49-53)29-25(51-54(9,10)34(3,4)5)17-28(48-29)39-19-22(2)31(41)37-33(39)43/h13-14,18-19,23-29H,15-17,20H2,1-12H3,(H,36,40,42)(H,37,41,43)/t23-,24-,25-,26+,27+,28+,29+,53?/m0/s1. The second kappa shape index (κ2) is 16.0. The highest BCUT2D eigenvalue weighted by Gasteiger charge is 2.51. The highest BCUT2D eigenvalue weighted by Crippen LogP contribution is 2.56. The molecule has 0 spiro atoms. The molecule has 2 saturated heterocycles. The first-order chi connectivity index (χ1) is 25.3. The van der Waals surface area contributed by atoms with Crippen LogP contribution >= 0.6 is 7.82 Å². The van der Waals surface area contributed by atoms with E-state index in [1.807, 2.05) is 13.1 Å². The van der Waals surface area contributed by atoms with Crippen LogP contribution in [0.25, 0.3) is 0 Å². The van der Waals surface area contributed by atoms with Gasteiger partial charge in [-0.25, -0.2) is 19.0 Å². The van der Waals surface area contributed by atoms with Crippen molar-refractivity contribution in [2.24, 2.45) is 0 Å². The number of nitrogens with zero attached hydrogens (tertiary/aromatic N) is 2. The molecule has 2 N–H and O–H groups in total. The van der Waals surface area contributed by atoms with Gasteiger partial charge in [0.1, 0.15) is 43.5 Å². The van der Waals surface area contributed by atoms with Gasteiger partial charge in [0, 0.05) is 36.4 Å². The van der Waals surface area contributed by atoms with Gasteiger partial charge >= 0.3 is 19.2 Å². The average Bonchev–Trinajstić information content (AvgIpc) is 3.58. The summed E-state index contributed by atoms with van der Waals surface area (Å²) in [5, 5.41) is -0.339. The van der Waals surface area contributed by atoms with Crippen LogP contribution in [0.5, 0.6) is 0 Å². The minimum Gasteiger partial charge on any atom is -0.411 e. The fourth-order valence-corrected chi connectivity index (χ4v) is 9.27. The van der Waals surface area contributed by atoms with Gasteiger partial charge in [-0.3, -0.25) is 46.8 Å². The zero-order valence-corrected chi connectivity index (χ0v) is 36.7. The van der Waals surface area contributed by atoms with Gasteiger partial charge in [-0.2, -0.15) is 0 Å². The van der Waals surface area contributed by atoms with Gasteiger partial charge in [-0.15, -0.1) is 0 Å². The quantitative estimate of drug-likeness (QED) is 0.0999. The van der Waals surface area contributed by atoms with Crippen LogP contribution in [0.2, 0.25) is 36.3 Å². The van der Waals surface area contributed by atoms with Crippen LogP contribution in [0, 0.1) is 13.8 Å². The van der Waals surface area contributed by atoms with E-state index in [2.05, 4.69) is 64.6 Å². The van der Waals surface area contributed by atoms with E-state index in [9.17, 15) is 23.7 Å². The number of nitrogens with one attached hydrogen (secondary N) is 2. The first kappa shape index (κ1) is 43.6. The Kier molecular flexibility index (Phi) is 12.7. The van der Waals surface area contributed by atoms with E-state index in [1.54, 1.807) is 26.0 Å². The Balaban J connectivity index is 1.43. The van der Waals surface area contributed by atoms with Crippen LogP contribution in [-0.4, -0.2) is 79.5 Å². The maximum Gasteiger partial charge on any atom is 0.476 e. The molecule has 5 heterocycles. The number of aromatic nitrogens is 4. The summed E-state index contributed by atoms with van der Waals surface area (Å²) in [6.45, 7) is 23.6. The van der Waals surface area contributed by atoms with Crippen molar-refractivity contribution in [1.82, 2.24) is 19.1 Å². The summed E-state index contributed by atoms with van der Waals surface area (Å²) in [5.74, 6) is 0. The first-order valence-corrected chi connectivity index (χ1v) is 25.8. The molecule has 0 aliphatic carbocycles. The number of aromatic amines is 2. The number of hydrogen-bond acceptors (Lipinski definition) is 13. The number of aryl methyl sites for hydroxylation is 2. The van der Waals surface area contributed by atoms with Crippen molar-refractivity contribution in [3.63, 3.8) is 0 Å². The molecule has 0 aromatic carbocycles. The third-order valence-corrected chi connectivity index (χ3v) is 21.4. The molecular weight excluding hydrogens is 772 g/mol. The van der Waals surface area contributed by atoms with E-state index < -0.39 is 89.9 Å². The summed E-state index contributed by atoms with van der Waals surface area (Å²) in [4.78, 5) is 60.5. The van der Waals surface area contributed by atoms with Crippen LogP contribution in [0.15, 0.2) is 43.7 Å². The van der Waals surface area contributed by atoms with Gasteiger partial charge in [0.25, 0.3) is 11.1 Å². The molecule has 1 unspecified atom stereocenters. The van der Waals surface area contributed by atoms with Crippen LogP contribution < -0.4 is 22.5 Å². The van der Waals surface area contributed by atoms with Gasteiger partial charge < -0.3 is 13.9 Å². The van der Waals surface area contributed by atoms with Crippen molar-refractivity contribution < 1.29 is 41.5 Å². The first-order valence-electron chi connectivity index (χ1n) is 18.5. The number of ether oxygens (including phenoxy) is 2. The van der Waals surface area contributed by atoms with E-state index >= 15 is 0 Å². The van der Waals surface area contributed by atoms with Gasteiger partial charge in [0.15, 0.2) is 8.32 Å². The lowest BCUT2D eigenvalue weighted by molar-refractivity contribution is -0.245. The number of hydrogen-bond donors (Lipinski definition) is 2. The highest BCUT2D eigenvalue weighted by molar-refractivity contribution is 7.48. The zero-order chi connectivity index (χ0) is 40.9. The predicted molar refractivity (Wildman–Crippen MR) is 208 cm³/mol. The predicted octanol–water partition coefficient (Wildman–Crippen LogP) is 5.09. The summed E-state index contributed by atoms with van der Waals surface area (Å²) >= 11 is 0. The molecule has 3 aliphatic rings. The van der Waals surface area contributed by atoms with Crippen molar-refractivity contribution in [3.8, 4) is 0 Å². The van der Waals surface area contributed by atoms with E-state index in [-0.39, 0.29) is 36.1 Å². The third-order valence-electron chi connectivity index (χ3n) is 11.3. The van der Waals surface area contributed by atoms with Gasteiger partial charge in [-0.05, 0) is 50.1 Å². The number of phosphoric ester groups is 1. The summed E-state index contributed by atoms with van der Waals surface area (Å²) in [6, 6.07) is 0. The Hall–Kier alpha value is -2.56. The molecule has 3 aliphatic heterocycles. The number of phosphoric acid groups is 1. The molecule has 8 atom stereocenters. The lowest BCUT2D eigenvalue weighted by Crippen LogP contribution is -2.48. The van der Waals surface area contributed by atoms with Crippen LogP contribution in [0.4, 0.5) is 0 Å². The molecule has 55 heavy (non-hydrogen) atoms. The number of rotatable bonds is 11. The molecule has 0 bridgehead atoms. The fraction of sp³-hybridized carbons (Fsp3) is 0.714. The summed E-state index contributed by atoms with van der Waals surface area (Å²) in [5.41, 5.74) is -1.72. The maximum absolute atomic E-state index is 14.6. The maximum atomic E-state index is 14.6. The Morgan fingerprint density at radius 2 is 1.35 bits per heavy atom. The molecule has 17 nitrogen and oxygen atoms in total. The van der Waals surface area contributed by atoms with Crippen molar-refractivity contribution in [1.29, 1.82) is 0 Å². The molecule has 308 valence electrons. The van der Waals surface area contributed by atoms with Crippen LogP contribution in [0.1, 0.15) is 78.0 Å². The van der Waals surface area contributed by atoms with Gasteiger partial charge in [0.2, 0.25) is 8.32 Å². The van der Waals surface area contributed by atoms with Crippen molar-refractivity contribution >= 4 is 24.5 Å². The second-order valence-corrected chi connectivity index (χ2v) is 28.6. The number of H-pyrrole nitrogens is 2. The Labute approximate surface area is 322 Å². The molecule has 2 aromatic rings. The molecule has 2 fully saturated rings. The summed E-state index contributed by atoms with van der Waals surface area (Å²) in [7, 11) is -9.23. The average molecular weight is 829 g/mol. The highest BCUT2D eigenvalue weighted by atomic mass is 31.2. The molecule has 2 aromatic heterocycles.